The summed E-state index contributed by atoms with van der Waals surface area (Å²) in [5.74, 6) is 0.280. The molecule has 0 amide bonds. The molecular formula is C24H30O7. The highest BCUT2D eigenvalue weighted by Gasteiger charge is 2.48. The molecule has 1 aliphatic carbocycles. The van der Waals surface area contributed by atoms with E-state index in [2.05, 4.69) is 6.58 Å². The van der Waals surface area contributed by atoms with Crippen molar-refractivity contribution >= 4 is 11.8 Å². The summed E-state index contributed by atoms with van der Waals surface area (Å²) in [6.07, 6.45) is 4.44. The van der Waals surface area contributed by atoms with Gasteiger partial charge in [0.05, 0.1) is 21.3 Å². The minimum Gasteiger partial charge on any atom is -0.498 e. The van der Waals surface area contributed by atoms with Crippen LogP contribution >= 0.6 is 0 Å². The van der Waals surface area contributed by atoms with Gasteiger partial charge < -0.3 is 23.7 Å². The molecule has 1 unspecified atom stereocenters. The molecule has 1 aromatic rings. The number of esters is 1. The van der Waals surface area contributed by atoms with Gasteiger partial charge in [0.15, 0.2) is 17.3 Å². The Morgan fingerprint density at radius 2 is 1.81 bits per heavy atom. The Balaban J connectivity index is 2.64. The molecule has 0 bridgehead atoms. The second kappa shape index (κ2) is 10.3. The highest BCUT2D eigenvalue weighted by atomic mass is 16.6. The van der Waals surface area contributed by atoms with Crippen LogP contribution in [0, 0.1) is 5.92 Å². The fourth-order valence-corrected chi connectivity index (χ4v) is 3.85. The average molecular weight is 430 g/mol. The van der Waals surface area contributed by atoms with Crippen molar-refractivity contribution in [1.82, 2.24) is 0 Å². The molecule has 0 N–H and O–H groups in total. The van der Waals surface area contributed by atoms with Crippen molar-refractivity contribution in [2.24, 2.45) is 5.92 Å². The third kappa shape index (κ3) is 4.82. The van der Waals surface area contributed by atoms with E-state index in [-0.39, 0.29) is 5.78 Å². The quantitative estimate of drug-likeness (QED) is 0.411. The minimum atomic E-state index is -1.14. The first-order valence-corrected chi connectivity index (χ1v) is 9.85. The van der Waals surface area contributed by atoms with Gasteiger partial charge in [-0.3, -0.25) is 9.59 Å². The number of ketones is 1. The third-order valence-corrected chi connectivity index (χ3v) is 5.43. The van der Waals surface area contributed by atoms with Crippen LogP contribution in [0.15, 0.2) is 54.3 Å². The van der Waals surface area contributed by atoms with Crippen molar-refractivity contribution in [2.75, 3.05) is 28.4 Å². The van der Waals surface area contributed by atoms with Gasteiger partial charge in [-0.15, -0.1) is 6.58 Å². The van der Waals surface area contributed by atoms with Crippen molar-refractivity contribution in [1.29, 1.82) is 0 Å². The number of methoxy groups -OCH3 is 4. The first-order valence-electron chi connectivity index (χ1n) is 9.85. The zero-order chi connectivity index (χ0) is 23.2. The molecule has 7 heteroatoms. The summed E-state index contributed by atoms with van der Waals surface area (Å²) in [7, 11) is 6.08. The number of carbonyl (C=O) groups is 2. The van der Waals surface area contributed by atoms with Crippen LogP contribution in [0.3, 0.4) is 0 Å². The fraction of sp³-hybridized carbons (Fsp3) is 0.417. The van der Waals surface area contributed by atoms with E-state index in [4.69, 9.17) is 23.7 Å². The predicted molar refractivity (Wildman–Crippen MR) is 116 cm³/mol. The Hall–Kier alpha value is -3.06. The predicted octanol–water partition coefficient (Wildman–Crippen LogP) is 3.94. The largest absolute Gasteiger partial charge is 0.498 e. The summed E-state index contributed by atoms with van der Waals surface area (Å²) in [5, 5.41) is 0. The van der Waals surface area contributed by atoms with E-state index in [1.165, 1.54) is 34.3 Å². The standard InChI is InChI=1S/C24H30O7/c1-8-9-18-14-24(30-7,22(29-6)13-19(18)26)15(2)23(31-16(3)25)17-10-11-20(27-4)21(12-17)28-5/h8,10-15,23H,1,9H2,2-7H3/t15-,23+,24?/m0/s1. The molecule has 0 aliphatic heterocycles. The molecule has 1 aromatic carbocycles. The lowest BCUT2D eigenvalue weighted by Gasteiger charge is -2.41. The first kappa shape index (κ1) is 24.2. The van der Waals surface area contributed by atoms with Crippen molar-refractivity contribution in [3.8, 4) is 11.5 Å². The van der Waals surface area contributed by atoms with Crippen LogP contribution in [0.5, 0.6) is 11.5 Å². The smallest absolute Gasteiger partial charge is 0.303 e. The molecule has 1 aliphatic rings. The Kier molecular flexibility index (Phi) is 8.05. The molecule has 31 heavy (non-hydrogen) atoms. The number of rotatable bonds is 10. The van der Waals surface area contributed by atoms with Crippen LogP contribution in [-0.2, 0) is 23.8 Å². The third-order valence-electron chi connectivity index (χ3n) is 5.43. The van der Waals surface area contributed by atoms with Gasteiger partial charge in [0.2, 0.25) is 0 Å². The van der Waals surface area contributed by atoms with Gasteiger partial charge in [-0.1, -0.05) is 19.1 Å². The first-order chi connectivity index (χ1) is 14.8. The van der Waals surface area contributed by atoms with Gasteiger partial charge in [-0.25, -0.2) is 0 Å². The lowest BCUT2D eigenvalue weighted by atomic mass is 9.75. The lowest BCUT2D eigenvalue weighted by molar-refractivity contribution is -0.155. The maximum atomic E-state index is 12.5. The number of allylic oxidation sites excluding steroid dienone is 3. The molecule has 0 spiro atoms. The molecule has 0 aromatic heterocycles. The van der Waals surface area contributed by atoms with Crippen molar-refractivity contribution in [3.05, 3.63) is 59.9 Å². The Labute approximate surface area is 183 Å². The van der Waals surface area contributed by atoms with Gasteiger partial charge in [0.25, 0.3) is 0 Å². The number of benzene rings is 1. The summed E-state index contributed by atoms with van der Waals surface area (Å²) >= 11 is 0. The van der Waals surface area contributed by atoms with Crippen LogP contribution in [-0.4, -0.2) is 45.8 Å². The Bertz CT molecular complexity index is 899. The molecule has 0 radical (unpaired) electrons. The summed E-state index contributed by atoms with van der Waals surface area (Å²) in [6.45, 7) is 6.94. The maximum absolute atomic E-state index is 12.5. The monoisotopic (exact) mass is 430 g/mol. The normalized spacial score (nSPS) is 20.1. The number of hydrogen-bond donors (Lipinski definition) is 0. The summed E-state index contributed by atoms with van der Waals surface area (Å²) in [5.41, 5.74) is 0.0649. The Morgan fingerprint density at radius 1 is 1.13 bits per heavy atom. The molecule has 0 saturated heterocycles. The van der Waals surface area contributed by atoms with Crippen LogP contribution in [0.4, 0.5) is 0 Å². The van der Waals surface area contributed by atoms with Crippen LogP contribution < -0.4 is 9.47 Å². The molecule has 168 valence electrons. The van der Waals surface area contributed by atoms with Crippen molar-refractivity contribution in [3.63, 3.8) is 0 Å². The second-order valence-corrected chi connectivity index (χ2v) is 7.17. The van der Waals surface area contributed by atoms with E-state index in [1.54, 1.807) is 37.5 Å². The van der Waals surface area contributed by atoms with Crippen LogP contribution in [0.25, 0.3) is 0 Å². The molecule has 3 atom stereocenters. The fourth-order valence-electron chi connectivity index (χ4n) is 3.85. The SMILES string of the molecule is C=CCC1=CC(OC)([C@@H](C)[C@@H](OC(C)=O)c2ccc(OC)c(OC)c2)C(OC)=CC1=O. The van der Waals surface area contributed by atoms with Gasteiger partial charge >= 0.3 is 5.97 Å². The van der Waals surface area contributed by atoms with E-state index < -0.39 is 23.6 Å². The molecule has 0 fully saturated rings. The molecule has 0 saturated carbocycles. The van der Waals surface area contributed by atoms with E-state index in [0.29, 0.717) is 34.8 Å². The molecule has 7 nitrogen and oxygen atoms in total. The van der Waals surface area contributed by atoms with Crippen molar-refractivity contribution < 1.29 is 33.3 Å². The molecular weight excluding hydrogens is 400 g/mol. The second-order valence-electron chi connectivity index (χ2n) is 7.17. The van der Waals surface area contributed by atoms with Crippen molar-refractivity contribution in [2.45, 2.75) is 32.0 Å². The summed E-state index contributed by atoms with van der Waals surface area (Å²) in [4.78, 5) is 24.5. The van der Waals surface area contributed by atoms with Gasteiger partial charge in [-0.05, 0) is 30.2 Å². The highest BCUT2D eigenvalue weighted by molar-refractivity contribution is 6.06. The van der Waals surface area contributed by atoms with Crippen LogP contribution in [0.2, 0.25) is 0 Å². The minimum absolute atomic E-state index is 0.174. The number of hydrogen-bond acceptors (Lipinski definition) is 7. The number of ether oxygens (including phenoxy) is 5. The lowest BCUT2D eigenvalue weighted by Crippen LogP contribution is -2.45. The Morgan fingerprint density at radius 3 is 2.32 bits per heavy atom. The highest BCUT2D eigenvalue weighted by Crippen LogP contribution is 2.45. The van der Waals surface area contributed by atoms with E-state index in [0.717, 1.165) is 0 Å². The molecule has 0 heterocycles. The summed E-state index contributed by atoms with van der Waals surface area (Å²) < 4.78 is 28.0. The van der Waals surface area contributed by atoms with Gasteiger partial charge in [0.1, 0.15) is 17.5 Å². The van der Waals surface area contributed by atoms with E-state index in [1.807, 2.05) is 6.92 Å². The maximum Gasteiger partial charge on any atom is 0.303 e. The zero-order valence-electron chi connectivity index (χ0n) is 18.9. The van der Waals surface area contributed by atoms with Crippen LogP contribution in [0.1, 0.15) is 31.9 Å². The van der Waals surface area contributed by atoms with E-state index >= 15 is 0 Å². The summed E-state index contributed by atoms with van der Waals surface area (Å²) in [6, 6.07) is 5.30. The van der Waals surface area contributed by atoms with E-state index in [9.17, 15) is 9.59 Å². The average Bonchev–Trinajstić information content (AvgIpc) is 2.77. The topological polar surface area (TPSA) is 80.3 Å². The zero-order valence-corrected chi connectivity index (χ0v) is 18.9. The number of carbonyl (C=O) groups excluding carboxylic acids is 2. The van der Waals surface area contributed by atoms with Gasteiger partial charge in [0, 0.05) is 31.6 Å². The van der Waals surface area contributed by atoms with Gasteiger partial charge in [-0.2, -0.15) is 0 Å². The molecule has 2 rings (SSSR count).